The van der Waals surface area contributed by atoms with Crippen molar-refractivity contribution in [3.05, 3.63) is 89.2 Å². The molecule has 1 unspecified atom stereocenters. The molecule has 1 aliphatic rings. The smallest absolute Gasteiger partial charge is 0.251 e. The van der Waals surface area contributed by atoms with E-state index in [1.165, 1.54) is 0 Å². The number of hydrogen-bond acceptors (Lipinski definition) is 2. The summed E-state index contributed by atoms with van der Waals surface area (Å²) in [6.07, 6.45) is 2.49. The highest BCUT2D eigenvalue weighted by atomic mass is 16.2. The van der Waals surface area contributed by atoms with Gasteiger partial charge in [0, 0.05) is 35.1 Å². The van der Waals surface area contributed by atoms with E-state index in [2.05, 4.69) is 41.2 Å². The van der Waals surface area contributed by atoms with Crippen LogP contribution in [-0.2, 0) is 11.2 Å². The highest BCUT2D eigenvalue weighted by molar-refractivity contribution is 5.97. The first kappa shape index (κ1) is 20.0. The number of benzene rings is 2. The number of aromatic nitrogens is 1. The van der Waals surface area contributed by atoms with Crippen LogP contribution >= 0.6 is 0 Å². The molecule has 0 bridgehead atoms. The van der Waals surface area contributed by atoms with Crippen molar-refractivity contribution in [1.82, 2.24) is 15.2 Å². The van der Waals surface area contributed by atoms with Gasteiger partial charge in [0.2, 0.25) is 5.91 Å². The topological polar surface area (TPSA) is 63.1 Å². The SMILES string of the molecule is Cc1ccc(C)n1-c1ccc(C(=O)NC(Cc2ccccc2)C(=O)NC2CC2)cc1. The average Bonchev–Trinajstić information content (AvgIpc) is 3.50. The maximum absolute atomic E-state index is 12.9. The molecule has 5 heteroatoms. The van der Waals surface area contributed by atoms with Crippen molar-refractivity contribution in [3.63, 3.8) is 0 Å². The maximum Gasteiger partial charge on any atom is 0.251 e. The van der Waals surface area contributed by atoms with Gasteiger partial charge in [0.25, 0.3) is 5.91 Å². The molecule has 3 aromatic rings. The summed E-state index contributed by atoms with van der Waals surface area (Å²) in [5, 5.41) is 5.95. The third-order valence-corrected chi connectivity index (χ3v) is 5.49. The van der Waals surface area contributed by atoms with Crippen molar-refractivity contribution >= 4 is 11.8 Å². The fraction of sp³-hybridized carbons (Fsp3) is 0.280. The molecule has 5 nitrogen and oxygen atoms in total. The fourth-order valence-electron chi connectivity index (χ4n) is 3.67. The predicted molar refractivity (Wildman–Crippen MR) is 118 cm³/mol. The van der Waals surface area contributed by atoms with E-state index in [1.807, 2.05) is 54.6 Å². The lowest BCUT2D eigenvalue weighted by Gasteiger charge is -2.19. The minimum absolute atomic E-state index is 0.120. The maximum atomic E-state index is 12.9. The number of carbonyl (C=O) groups is 2. The standard InChI is InChI=1S/C25H27N3O2/c1-17-8-9-18(2)28(17)22-14-10-20(11-15-22)24(29)27-23(25(30)26-21-12-13-21)16-19-6-4-3-5-7-19/h3-11,14-15,21,23H,12-13,16H2,1-2H3,(H,26,30)(H,27,29). The summed E-state index contributed by atoms with van der Waals surface area (Å²) in [7, 11) is 0. The lowest BCUT2D eigenvalue weighted by atomic mass is 10.0. The van der Waals surface area contributed by atoms with Gasteiger partial charge in [-0.15, -0.1) is 0 Å². The van der Waals surface area contributed by atoms with Crippen molar-refractivity contribution in [1.29, 1.82) is 0 Å². The van der Waals surface area contributed by atoms with Gasteiger partial charge >= 0.3 is 0 Å². The zero-order valence-electron chi connectivity index (χ0n) is 17.4. The van der Waals surface area contributed by atoms with Crippen LogP contribution in [0.5, 0.6) is 0 Å². The summed E-state index contributed by atoms with van der Waals surface area (Å²) < 4.78 is 2.14. The average molecular weight is 402 g/mol. The van der Waals surface area contributed by atoms with Crippen molar-refractivity contribution in [2.45, 2.75) is 45.2 Å². The molecular weight excluding hydrogens is 374 g/mol. The third kappa shape index (κ3) is 4.62. The Bertz CT molecular complexity index is 1010. The largest absolute Gasteiger partial charge is 0.352 e. The van der Waals surface area contributed by atoms with Gasteiger partial charge in [0.1, 0.15) is 6.04 Å². The Hall–Kier alpha value is -3.34. The Morgan fingerprint density at radius 2 is 1.57 bits per heavy atom. The molecule has 154 valence electrons. The van der Waals surface area contributed by atoms with E-state index >= 15 is 0 Å². The molecule has 2 aromatic carbocycles. The Kier molecular flexibility index (Phi) is 5.70. The fourth-order valence-corrected chi connectivity index (χ4v) is 3.67. The molecule has 2 N–H and O–H groups in total. The molecule has 1 atom stereocenters. The Morgan fingerprint density at radius 3 is 2.17 bits per heavy atom. The molecule has 0 saturated heterocycles. The second-order valence-corrected chi connectivity index (χ2v) is 8.00. The Morgan fingerprint density at radius 1 is 0.933 bits per heavy atom. The highest BCUT2D eigenvalue weighted by Gasteiger charge is 2.28. The molecule has 1 saturated carbocycles. The van der Waals surface area contributed by atoms with Crippen molar-refractivity contribution in [3.8, 4) is 5.69 Å². The summed E-state index contributed by atoms with van der Waals surface area (Å²) in [6, 6.07) is 21.0. The molecule has 1 fully saturated rings. The van der Waals surface area contributed by atoms with Crippen LogP contribution in [-0.4, -0.2) is 28.5 Å². The first-order valence-electron chi connectivity index (χ1n) is 10.4. The van der Waals surface area contributed by atoms with E-state index in [9.17, 15) is 9.59 Å². The summed E-state index contributed by atoms with van der Waals surface area (Å²) in [5.74, 6) is -0.362. The molecule has 0 spiro atoms. The Labute approximate surface area is 177 Å². The monoisotopic (exact) mass is 401 g/mol. The van der Waals surface area contributed by atoms with Gasteiger partial charge in [0.15, 0.2) is 0 Å². The van der Waals surface area contributed by atoms with Gasteiger partial charge in [0.05, 0.1) is 0 Å². The predicted octanol–water partition coefficient (Wildman–Crippen LogP) is 3.71. The number of carbonyl (C=O) groups excluding carboxylic acids is 2. The summed E-state index contributed by atoms with van der Waals surface area (Å²) in [6.45, 7) is 4.11. The third-order valence-electron chi connectivity index (χ3n) is 5.49. The quantitative estimate of drug-likeness (QED) is 0.634. The van der Waals surface area contributed by atoms with Crippen LogP contribution < -0.4 is 10.6 Å². The van der Waals surface area contributed by atoms with Crippen LogP contribution in [0.1, 0.15) is 40.2 Å². The number of nitrogens with zero attached hydrogens (tertiary/aromatic N) is 1. The van der Waals surface area contributed by atoms with Gasteiger partial charge in [-0.3, -0.25) is 9.59 Å². The second-order valence-electron chi connectivity index (χ2n) is 8.00. The molecule has 30 heavy (non-hydrogen) atoms. The van der Waals surface area contributed by atoms with E-state index in [1.54, 1.807) is 0 Å². The first-order chi connectivity index (χ1) is 14.5. The van der Waals surface area contributed by atoms with Crippen molar-refractivity contribution < 1.29 is 9.59 Å². The zero-order valence-corrected chi connectivity index (χ0v) is 17.4. The number of hydrogen-bond donors (Lipinski definition) is 2. The number of aryl methyl sites for hydroxylation is 2. The molecule has 0 radical (unpaired) electrons. The number of nitrogens with one attached hydrogen (secondary N) is 2. The van der Waals surface area contributed by atoms with Crippen LogP contribution in [0.15, 0.2) is 66.7 Å². The van der Waals surface area contributed by atoms with Gasteiger partial charge in [-0.05, 0) is 68.7 Å². The summed E-state index contributed by atoms with van der Waals surface area (Å²) in [5.41, 5.74) is 4.86. The highest BCUT2D eigenvalue weighted by Crippen LogP contribution is 2.19. The van der Waals surface area contributed by atoms with Crippen molar-refractivity contribution in [2.24, 2.45) is 0 Å². The van der Waals surface area contributed by atoms with Gasteiger partial charge in [-0.2, -0.15) is 0 Å². The van der Waals surface area contributed by atoms with Gasteiger partial charge < -0.3 is 15.2 Å². The van der Waals surface area contributed by atoms with E-state index in [0.29, 0.717) is 12.0 Å². The Balaban J connectivity index is 1.49. The second kappa shape index (κ2) is 8.57. The minimum Gasteiger partial charge on any atom is -0.352 e. The van der Waals surface area contributed by atoms with E-state index < -0.39 is 6.04 Å². The normalized spacial score (nSPS) is 14.2. The first-order valence-corrected chi connectivity index (χ1v) is 10.4. The molecule has 2 amide bonds. The van der Waals surface area contributed by atoms with Crippen LogP contribution in [0, 0.1) is 13.8 Å². The van der Waals surface area contributed by atoms with Crippen LogP contribution in [0.2, 0.25) is 0 Å². The van der Waals surface area contributed by atoms with Crippen LogP contribution in [0.25, 0.3) is 5.69 Å². The van der Waals surface area contributed by atoms with Crippen LogP contribution in [0.3, 0.4) is 0 Å². The molecular formula is C25H27N3O2. The lowest BCUT2D eigenvalue weighted by molar-refractivity contribution is -0.123. The lowest BCUT2D eigenvalue weighted by Crippen LogP contribution is -2.48. The molecule has 1 heterocycles. The van der Waals surface area contributed by atoms with E-state index in [-0.39, 0.29) is 17.9 Å². The van der Waals surface area contributed by atoms with Gasteiger partial charge in [-0.25, -0.2) is 0 Å². The number of amides is 2. The van der Waals surface area contributed by atoms with E-state index in [4.69, 9.17) is 0 Å². The summed E-state index contributed by atoms with van der Waals surface area (Å²) in [4.78, 5) is 25.6. The molecule has 1 aromatic heterocycles. The molecule has 0 aliphatic heterocycles. The molecule has 1 aliphatic carbocycles. The summed E-state index contributed by atoms with van der Waals surface area (Å²) >= 11 is 0. The van der Waals surface area contributed by atoms with Gasteiger partial charge in [-0.1, -0.05) is 30.3 Å². The minimum atomic E-state index is -0.603. The van der Waals surface area contributed by atoms with Crippen LogP contribution in [0.4, 0.5) is 0 Å². The number of rotatable bonds is 7. The zero-order chi connectivity index (χ0) is 21.1. The molecule has 4 rings (SSSR count). The van der Waals surface area contributed by atoms with E-state index in [0.717, 1.165) is 35.5 Å². The van der Waals surface area contributed by atoms with Crippen molar-refractivity contribution in [2.75, 3.05) is 0 Å².